The smallest absolute Gasteiger partial charge is 0.299 e. The lowest BCUT2D eigenvalue weighted by Crippen LogP contribution is -2.37. The van der Waals surface area contributed by atoms with Crippen LogP contribution < -0.4 is 10.2 Å². The standard InChI is InChI=1S/C16H9BrCl2N2O3/c17-8-1-4-13-10(5-8)15(23)16(24)21(13)7-14(22)20-9-2-3-11(18)12(19)6-9/h1-6H,7H2,(H,20,22). The lowest BCUT2D eigenvalue weighted by molar-refractivity contribution is -0.118. The van der Waals surface area contributed by atoms with Crippen molar-refractivity contribution in [2.75, 3.05) is 16.8 Å². The highest BCUT2D eigenvalue weighted by molar-refractivity contribution is 9.10. The lowest BCUT2D eigenvalue weighted by Gasteiger charge is -2.16. The van der Waals surface area contributed by atoms with Gasteiger partial charge >= 0.3 is 0 Å². The van der Waals surface area contributed by atoms with Gasteiger partial charge in [-0.25, -0.2) is 0 Å². The van der Waals surface area contributed by atoms with Gasteiger partial charge in [0.25, 0.3) is 11.7 Å². The van der Waals surface area contributed by atoms with E-state index >= 15 is 0 Å². The summed E-state index contributed by atoms with van der Waals surface area (Å²) in [5.74, 6) is -1.81. The minimum absolute atomic E-state index is 0.275. The topological polar surface area (TPSA) is 66.5 Å². The van der Waals surface area contributed by atoms with E-state index in [4.69, 9.17) is 23.2 Å². The van der Waals surface area contributed by atoms with Crippen molar-refractivity contribution in [1.82, 2.24) is 0 Å². The van der Waals surface area contributed by atoms with Gasteiger partial charge in [0.1, 0.15) is 6.54 Å². The van der Waals surface area contributed by atoms with Crippen LogP contribution in [0.15, 0.2) is 40.9 Å². The van der Waals surface area contributed by atoms with E-state index in [9.17, 15) is 14.4 Å². The molecule has 0 saturated heterocycles. The molecule has 0 aliphatic carbocycles. The number of carbonyl (C=O) groups is 3. The molecule has 2 aromatic carbocycles. The summed E-state index contributed by atoms with van der Waals surface area (Å²) >= 11 is 15.0. The molecule has 3 rings (SSSR count). The summed E-state index contributed by atoms with van der Waals surface area (Å²) in [5, 5.41) is 3.29. The molecule has 1 aliphatic heterocycles. The van der Waals surface area contributed by atoms with Crippen molar-refractivity contribution in [3.63, 3.8) is 0 Å². The Balaban J connectivity index is 1.78. The van der Waals surface area contributed by atoms with Gasteiger partial charge in [-0.15, -0.1) is 0 Å². The Morgan fingerprint density at radius 2 is 1.83 bits per heavy atom. The van der Waals surface area contributed by atoms with Crippen molar-refractivity contribution in [2.45, 2.75) is 0 Å². The summed E-state index contributed by atoms with van der Waals surface area (Å²) in [7, 11) is 0. The first-order valence-corrected chi connectivity index (χ1v) is 8.32. The first kappa shape index (κ1) is 17.0. The Morgan fingerprint density at radius 1 is 1.08 bits per heavy atom. The summed E-state index contributed by atoms with van der Waals surface area (Å²) < 4.78 is 0.685. The number of carbonyl (C=O) groups excluding carboxylic acids is 3. The number of fused-ring (bicyclic) bond motifs is 1. The fourth-order valence-corrected chi connectivity index (χ4v) is 3.01. The number of nitrogens with one attached hydrogen (secondary N) is 1. The van der Waals surface area contributed by atoms with Crippen molar-refractivity contribution in [3.05, 3.63) is 56.5 Å². The summed E-state index contributed by atoms with van der Waals surface area (Å²) in [5.41, 5.74) is 1.14. The molecule has 122 valence electrons. The maximum absolute atomic E-state index is 12.2. The molecule has 0 unspecified atom stereocenters. The molecule has 0 saturated carbocycles. The number of Topliss-reactive ketones (excluding diaryl/α,β-unsaturated/α-hetero) is 1. The molecule has 0 aromatic heterocycles. The van der Waals surface area contributed by atoms with Crippen LogP contribution >= 0.6 is 39.1 Å². The predicted octanol–water partition coefficient (Wildman–Crippen LogP) is 3.92. The monoisotopic (exact) mass is 426 g/mol. The van der Waals surface area contributed by atoms with Crippen LogP contribution in [0.2, 0.25) is 10.0 Å². The summed E-state index contributed by atoms with van der Waals surface area (Å²) in [4.78, 5) is 37.4. The zero-order valence-electron chi connectivity index (χ0n) is 12.0. The third kappa shape index (κ3) is 3.17. The Labute approximate surface area is 155 Å². The van der Waals surface area contributed by atoms with Crippen LogP contribution in [-0.4, -0.2) is 24.1 Å². The molecule has 2 amide bonds. The fraction of sp³-hybridized carbons (Fsp3) is 0.0625. The number of hydrogen-bond acceptors (Lipinski definition) is 3. The number of benzene rings is 2. The molecule has 0 bridgehead atoms. The van der Waals surface area contributed by atoms with Crippen LogP contribution in [0.1, 0.15) is 10.4 Å². The second-order valence-electron chi connectivity index (χ2n) is 5.06. The average Bonchev–Trinajstić information content (AvgIpc) is 2.76. The van der Waals surface area contributed by atoms with Gasteiger partial charge in [0.05, 0.1) is 21.3 Å². The second kappa shape index (κ2) is 6.55. The maximum atomic E-state index is 12.2. The predicted molar refractivity (Wildman–Crippen MR) is 95.9 cm³/mol. The quantitative estimate of drug-likeness (QED) is 0.754. The number of rotatable bonds is 3. The van der Waals surface area contributed by atoms with Gasteiger partial charge < -0.3 is 5.32 Å². The largest absolute Gasteiger partial charge is 0.324 e. The second-order valence-corrected chi connectivity index (χ2v) is 6.79. The van der Waals surface area contributed by atoms with E-state index in [1.807, 2.05) is 0 Å². The van der Waals surface area contributed by atoms with E-state index in [1.54, 1.807) is 30.3 Å². The fourth-order valence-electron chi connectivity index (χ4n) is 2.35. The molecule has 0 radical (unpaired) electrons. The minimum Gasteiger partial charge on any atom is -0.324 e. The highest BCUT2D eigenvalue weighted by Gasteiger charge is 2.36. The van der Waals surface area contributed by atoms with Gasteiger partial charge in [0.2, 0.25) is 5.91 Å². The average molecular weight is 428 g/mol. The maximum Gasteiger partial charge on any atom is 0.299 e. The van der Waals surface area contributed by atoms with E-state index in [0.717, 1.165) is 4.90 Å². The molecule has 0 atom stereocenters. The van der Waals surface area contributed by atoms with Gasteiger partial charge in [0.15, 0.2) is 0 Å². The summed E-state index contributed by atoms with van der Waals surface area (Å²) in [6.45, 7) is -0.278. The summed E-state index contributed by atoms with van der Waals surface area (Å²) in [6, 6.07) is 9.53. The van der Waals surface area contributed by atoms with Gasteiger partial charge in [-0.3, -0.25) is 19.3 Å². The summed E-state index contributed by atoms with van der Waals surface area (Å²) in [6.07, 6.45) is 0. The van der Waals surface area contributed by atoms with Gasteiger partial charge in [0, 0.05) is 10.2 Å². The molecule has 8 heteroatoms. The van der Waals surface area contributed by atoms with Crippen molar-refractivity contribution in [1.29, 1.82) is 0 Å². The third-order valence-corrected chi connectivity index (χ3v) is 4.67. The first-order chi connectivity index (χ1) is 11.4. The van der Waals surface area contributed by atoms with Crippen LogP contribution in [0.25, 0.3) is 0 Å². The van der Waals surface area contributed by atoms with E-state index in [2.05, 4.69) is 21.2 Å². The SMILES string of the molecule is O=C(CN1C(=O)C(=O)c2cc(Br)ccc21)Nc1ccc(Cl)c(Cl)c1. The van der Waals surface area contributed by atoms with Crippen molar-refractivity contribution >= 4 is 68.1 Å². The molecule has 1 aliphatic rings. The molecular weight excluding hydrogens is 419 g/mol. The molecular formula is C16H9BrCl2N2O3. The number of anilines is 2. The molecule has 0 spiro atoms. The zero-order chi connectivity index (χ0) is 17.4. The third-order valence-electron chi connectivity index (χ3n) is 3.44. The molecule has 1 heterocycles. The molecule has 2 aromatic rings. The minimum atomic E-state index is -0.729. The van der Waals surface area contributed by atoms with Gasteiger partial charge in [-0.1, -0.05) is 39.1 Å². The Morgan fingerprint density at radius 3 is 2.54 bits per heavy atom. The van der Waals surface area contributed by atoms with Crippen LogP contribution in [0, 0.1) is 0 Å². The Kier molecular flexibility index (Phi) is 4.62. The van der Waals surface area contributed by atoms with E-state index in [1.165, 1.54) is 6.07 Å². The van der Waals surface area contributed by atoms with Crippen LogP contribution in [0.3, 0.4) is 0 Å². The van der Waals surface area contributed by atoms with Crippen molar-refractivity contribution < 1.29 is 14.4 Å². The Bertz CT molecular complexity index is 886. The van der Waals surface area contributed by atoms with E-state index in [-0.39, 0.29) is 12.1 Å². The normalized spacial score (nSPS) is 13.2. The van der Waals surface area contributed by atoms with Crippen molar-refractivity contribution in [3.8, 4) is 0 Å². The molecule has 24 heavy (non-hydrogen) atoms. The molecule has 5 nitrogen and oxygen atoms in total. The van der Waals surface area contributed by atoms with Crippen molar-refractivity contribution in [2.24, 2.45) is 0 Å². The van der Waals surface area contributed by atoms with Crippen LogP contribution in [-0.2, 0) is 9.59 Å². The number of ketones is 1. The first-order valence-electron chi connectivity index (χ1n) is 6.77. The van der Waals surface area contributed by atoms with E-state index < -0.39 is 17.6 Å². The van der Waals surface area contributed by atoms with Gasteiger partial charge in [-0.05, 0) is 36.4 Å². The van der Waals surface area contributed by atoms with Crippen LogP contribution in [0.5, 0.6) is 0 Å². The molecule has 0 fully saturated rings. The number of amides is 2. The number of halogens is 3. The number of hydrogen-bond donors (Lipinski definition) is 1. The number of nitrogens with zero attached hydrogens (tertiary/aromatic N) is 1. The van der Waals surface area contributed by atoms with Gasteiger partial charge in [-0.2, -0.15) is 0 Å². The lowest BCUT2D eigenvalue weighted by atomic mass is 10.1. The molecule has 1 N–H and O–H groups in total. The zero-order valence-corrected chi connectivity index (χ0v) is 15.1. The Hall–Kier alpha value is -1.89. The van der Waals surface area contributed by atoms with E-state index in [0.29, 0.717) is 25.9 Å². The van der Waals surface area contributed by atoms with Crippen LogP contribution in [0.4, 0.5) is 11.4 Å². The highest BCUT2D eigenvalue weighted by Crippen LogP contribution is 2.31. The highest BCUT2D eigenvalue weighted by atomic mass is 79.9.